The van der Waals surface area contributed by atoms with Gasteiger partial charge in [0.05, 0.1) is 13.5 Å². The lowest BCUT2D eigenvalue weighted by Gasteiger charge is -2.30. The van der Waals surface area contributed by atoms with E-state index >= 15 is 0 Å². The van der Waals surface area contributed by atoms with Gasteiger partial charge in [-0.3, -0.25) is 9.59 Å². The summed E-state index contributed by atoms with van der Waals surface area (Å²) in [6, 6.07) is 15.0. The molecule has 3 rings (SSSR count). The molecule has 1 aliphatic carbocycles. The number of ether oxygens (including phenoxy) is 1. The van der Waals surface area contributed by atoms with Gasteiger partial charge in [-0.25, -0.2) is 0 Å². The number of rotatable bonds is 8. The largest absolute Gasteiger partial charge is 0.497 e. The number of halogens is 1. The van der Waals surface area contributed by atoms with E-state index in [2.05, 4.69) is 21.2 Å². The average molecular weight is 473 g/mol. The second kappa shape index (κ2) is 10.6. The summed E-state index contributed by atoms with van der Waals surface area (Å²) in [5, 5.41) is 3.13. The van der Waals surface area contributed by atoms with Gasteiger partial charge in [0.15, 0.2) is 0 Å². The zero-order chi connectivity index (χ0) is 21.5. The molecule has 2 amide bonds. The summed E-state index contributed by atoms with van der Waals surface area (Å²) in [7, 11) is 1.62. The maximum Gasteiger partial charge on any atom is 0.242 e. The number of hydrogen-bond donors (Lipinski definition) is 1. The molecule has 0 unspecified atom stereocenters. The molecule has 0 aromatic heterocycles. The maximum atomic E-state index is 13.2. The Morgan fingerprint density at radius 2 is 1.67 bits per heavy atom. The highest BCUT2D eigenvalue weighted by molar-refractivity contribution is 9.10. The number of hydrogen-bond acceptors (Lipinski definition) is 3. The lowest BCUT2D eigenvalue weighted by Crippen LogP contribution is -2.50. The smallest absolute Gasteiger partial charge is 0.242 e. The normalized spacial score (nSPS) is 14.9. The van der Waals surface area contributed by atoms with E-state index in [9.17, 15) is 9.59 Å². The zero-order valence-corrected chi connectivity index (χ0v) is 19.2. The first-order valence-corrected chi connectivity index (χ1v) is 11.2. The SMILES string of the molecule is COc1ccc(CC(=O)N(Cc2ccc(Br)cc2)[C@H](C)C(=O)NC2CCCC2)cc1. The molecule has 1 aliphatic rings. The quantitative estimate of drug-likeness (QED) is 0.616. The van der Waals surface area contributed by atoms with Gasteiger partial charge in [-0.15, -0.1) is 0 Å². The van der Waals surface area contributed by atoms with Crippen LogP contribution >= 0.6 is 15.9 Å². The molecule has 30 heavy (non-hydrogen) atoms. The summed E-state index contributed by atoms with van der Waals surface area (Å²) in [5.74, 6) is 0.599. The summed E-state index contributed by atoms with van der Waals surface area (Å²) in [6.45, 7) is 2.20. The molecule has 6 heteroatoms. The monoisotopic (exact) mass is 472 g/mol. The average Bonchev–Trinajstić information content (AvgIpc) is 3.26. The number of benzene rings is 2. The molecular formula is C24H29BrN2O3. The molecule has 0 spiro atoms. The molecule has 0 saturated heterocycles. The van der Waals surface area contributed by atoms with Crippen LogP contribution in [0.5, 0.6) is 5.75 Å². The van der Waals surface area contributed by atoms with Crippen molar-refractivity contribution in [3.05, 3.63) is 64.1 Å². The summed E-state index contributed by atoms with van der Waals surface area (Å²) in [6.07, 6.45) is 4.58. The van der Waals surface area contributed by atoms with Crippen molar-refractivity contribution in [1.82, 2.24) is 10.2 Å². The maximum absolute atomic E-state index is 13.2. The van der Waals surface area contributed by atoms with Crippen molar-refractivity contribution >= 4 is 27.7 Å². The molecule has 2 aromatic rings. The van der Waals surface area contributed by atoms with E-state index < -0.39 is 6.04 Å². The summed E-state index contributed by atoms with van der Waals surface area (Å²) in [5.41, 5.74) is 1.88. The van der Waals surface area contributed by atoms with Gasteiger partial charge in [0.1, 0.15) is 11.8 Å². The Balaban J connectivity index is 1.74. The third-order valence-electron chi connectivity index (χ3n) is 5.65. The molecule has 0 bridgehead atoms. The van der Waals surface area contributed by atoms with Crippen LogP contribution in [0.4, 0.5) is 0 Å². The van der Waals surface area contributed by atoms with Crippen LogP contribution in [0.25, 0.3) is 0 Å². The number of nitrogens with zero attached hydrogens (tertiary/aromatic N) is 1. The van der Waals surface area contributed by atoms with Gasteiger partial charge in [-0.05, 0) is 55.2 Å². The predicted molar refractivity (Wildman–Crippen MR) is 121 cm³/mol. The van der Waals surface area contributed by atoms with E-state index in [1.165, 1.54) is 0 Å². The molecule has 0 heterocycles. The number of carbonyl (C=O) groups is 2. The second-order valence-electron chi connectivity index (χ2n) is 7.84. The Labute approximate surface area is 186 Å². The van der Waals surface area contributed by atoms with Gasteiger partial charge >= 0.3 is 0 Å². The van der Waals surface area contributed by atoms with Crippen molar-refractivity contribution in [3.8, 4) is 5.75 Å². The van der Waals surface area contributed by atoms with E-state index in [1.807, 2.05) is 55.5 Å². The topological polar surface area (TPSA) is 58.6 Å². The minimum atomic E-state index is -0.542. The van der Waals surface area contributed by atoms with E-state index in [-0.39, 0.29) is 24.3 Å². The fraction of sp³-hybridized carbons (Fsp3) is 0.417. The van der Waals surface area contributed by atoms with Gasteiger partial charge in [-0.1, -0.05) is 53.0 Å². The second-order valence-corrected chi connectivity index (χ2v) is 8.75. The molecule has 0 aliphatic heterocycles. The van der Waals surface area contributed by atoms with Crippen molar-refractivity contribution in [1.29, 1.82) is 0 Å². The van der Waals surface area contributed by atoms with Crippen molar-refractivity contribution < 1.29 is 14.3 Å². The van der Waals surface area contributed by atoms with Gasteiger partial charge in [0.2, 0.25) is 11.8 Å². The first-order valence-electron chi connectivity index (χ1n) is 10.4. The minimum absolute atomic E-state index is 0.0721. The molecule has 2 aromatic carbocycles. The lowest BCUT2D eigenvalue weighted by molar-refractivity contribution is -0.140. The fourth-order valence-electron chi connectivity index (χ4n) is 3.78. The van der Waals surface area contributed by atoms with Crippen molar-refractivity contribution in [2.24, 2.45) is 0 Å². The van der Waals surface area contributed by atoms with Crippen molar-refractivity contribution in [3.63, 3.8) is 0 Å². The lowest BCUT2D eigenvalue weighted by atomic mass is 10.1. The summed E-state index contributed by atoms with van der Waals surface area (Å²) < 4.78 is 6.17. The van der Waals surface area contributed by atoms with Crippen LogP contribution in [-0.2, 0) is 22.6 Å². The van der Waals surface area contributed by atoms with E-state index in [4.69, 9.17) is 4.74 Å². The molecule has 1 N–H and O–H groups in total. The standard InChI is InChI=1S/C24H29BrN2O3/c1-17(24(29)26-21-5-3-4-6-21)27(16-19-7-11-20(25)12-8-19)23(28)15-18-9-13-22(30-2)14-10-18/h7-14,17,21H,3-6,15-16H2,1-2H3,(H,26,29)/t17-/m1/s1. The van der Waals surface area contributed by atoms with Gasteiger partial charge < -0.3 is 15.0 Å². The first kappa shape index (κ1) is 22.3. The Morgan fingerprint density at radius 3 is 2.27 bits per heavy atom. The Hall–Kier alpha value is -2.34. The van der Waals surface area contributed by atoms with Gasteiger partial charge in [0, 0.05) is 17.1 Å². The van der Waals surface area contributed by atoms with E-state index in [0.29, 0.717) is 6.54 Å². The number of nitrogens with one attached hydrogen (secondary N) is 1. The van der Waals surface area contributed by atoms with Crippen LogP contribution in [0.15, 0.2) is 53.0 Å². The zero-order valence-electron chi connectivity index (χ0n) is 17.6. The molecule has 1 fully saturated rings. The number of amides is 2. The van der Waals surface area contributed by atoms with Crippen LogP contribution in [0.1, 0.15) is 43.7 Å². The Morgan fingerprint density at radius 1 is 1.07 bits per heavy atom. The number of carbonyl (C=O) groups excluding carboxylic acids is 2. The Bertz CT molecular complexity index is 846. The van der Waals surface area contributed by atoms with Crippen LogP contribution in [0.2, 0.25) is 0 Å². The number of methoxy groups -OCH3 is 1. The highest BCUT2D eigenvalue weighted by atomic mass is 79.9. The highest BCUT2D eigenvalue weighted by Gasteiger charge is 2.28. The summed E-state index contributed by atoms with van der Waals surface area (Å²) >= 11 is 3.44. The molecule has 1 atom stereocenters. The minimum Gasteiger partial charge on any atom is -0.497 e. The van der Waals surface area contributed by atoms with Crippen molar-refractivity contribution in [2.45, 2.75) is 57.7 Å². The van der Waals surface area contributed by atoms with Crippen LogP contribution in [0, 0.1) is 0 Å². The van der Waals surface area contributed by atoms with Crippen LogP contribution in [0.3, 0.4) is 0 Å². The molecule has 160 valence electrons. The van der Waals surface area contributed by atoms with Crippen LogP contribution in [-0.4, -0.2) is 35.9 Å². The van der Waals surface area contributed by atoms with Crippen molar-refractivity contribution in [2.75, 3.05) is 7.11 Å². The summed E-state index contributed by atoms with van der Waals surface area (Å²) in [4.78, 5) is 27.8. The van der Waals surface area contributed by atoms with E-state index in [0.717, 1.165) is 47.0 Å². The molecular weight excluding hydrogens is 444 g/mol. The first-order chi connectivity index (χ1) is 14.5. The van der Waals surface area contributed by atoms with E-state index in [1.54, 1.807) is 12.0 Å². The van der Waals surface area contributed by atoms with Gasteiger partial charge in [-0.2, -0.15) is 0 Å². The fourth-order valence-corrected chi connectivity index (χ4v) is 4.04. The third-order valence-corrected chi connectivity index (χ3v) is 6.18. The molecule has 5 nitrogen and oxygen atoms in total. The molecule has 1 saturated carbocycles. The Kier molecular flexibility index (Phi) is 7.91. The van der Waals surface area contributed by atoms with Crippen LogP contribution < -0.4 is 10.1 Å². The predicted octanol–water partition coefficient (Wildman–Crippen LogP) is 4.48. The third kappa shape index (κ3) is 6.08. The highest BCUT2D eigenvalue weighted by Crippen LogP contribution is 2.20. The van der Waals surface area contributed by atoms with Gasteiger partial charge in [0.25, 0.3) is 0 Å². The molecule has 0 radical (unpaired) electrons.